The zero-order chi connectivity index (χ0) is 19.4. The normalized spacial score (nSPS) is 10.2. The van der Waals surface area contributed by atoms with Gasteiger partial charge >= 0.3 is 0 Å². The van der Waals surface area contributed by atoms with Gasteiger partial charge in [-0.3, -0.25) is 20.2 Å². The highest BCUT2D eigenvalue weighted by atomic mass is 32.1. The number of hydrogen-bond donors (Lipinski definition) is 3. The number of carbonyl (C=O) groups excluding carboxylic acids is 1. The molecule has 0 spiro atoms. The smallest absolute Gasteiger partial charge is 0.293 e. The lowest BCUT2D eigenvalue weighted by atomic mass is 10.1. The minimum absolute atomic E-state index is 0.0856. The fraction of sp³-hybridized carbons (Fsp3) is 0. The molecule has 3 N–H and O–H groups in total. The molecule has 1 aromatic carbocycles. The maximum atomic E-state index is 12.2. The number of hydrogen-bond acceptors (Lipinski definition) is 7. The molecule has 2 heterocycles. The van der Waals surface area contributed by atoms with Gasteiger partial charge in [0.05, 0.1) is 10.5 Å². The number of thiocarbonyl (C=S) groups is 1. The van der Waals surface area contributed by atoms with E-state index in [0.29, 0.717) is 0 Å². The molecule has 136 valence electrons. The summed E-state index contributed by atoms with van der Waals surface area (Å²) in [5.41, 5.74) is 0.113. The topological polar surface area (TPSA) is 131 Å². The summed E-state index contributed by atoms with van der Waals surface area (Å²) in [5.74, 6) is -0.618. The summed E-state index contributed by atoms with van der Waals surface area (Å²) in [5, 5.41) is 25.6. The van der Waals surface area contributed by atoms with Crippen LogP contribution in [-0.4, -0.2) is 26.0 Å². The number of amides is 1. The van der Waals surface area contributed by atoms with Gasteiger partial charge in [0, 0.05) is 12.3 Å². The van der Waals surface area contributed by atoms with Crippen LogP contribution in [0.15, 0.2) is 59.1 Å². The molecule has 0 bridgehead atoms. The van der Waals surface area contributed by atoms with Gasteiger partial charge in [0.2, 0.25) is 0 Å². The van der Waals surface area contributed by atoms with E-state index >= 15 is 0 Å². The molecule has 0 atom stereocenters. The number of pyridine rings is 1. The van der Waals surface area contributed by atoms with Crippen LogP contribution in [-0.2, 0) is 0 Å². The van der Waals surface area contributed by atoms with E-state index < -0.39 is 10.8 Å². The predicted molar refractivity (Wildman–Crippen MR) is 100 cm³/mol. The van der Waals surface area contributed by atoms with Crippen molar-refractivity contribution in [2.75, 3.05) is 5.32 Å². The van der Waals surface area contributed by atoms with Crippen LogP contribution in [0.4, 0.5) is 11.5 Å². The summed E-state index contributed by atoms with van der Waals surface area (Å²) in [6.07, 6.45) is 1.44. The average molecular weight is 384 g/mol. The zero-order valence-electron chi connectivity index (χ0n) is 13.6. The minimum Gasteiger partial charge on any atom is -0.504 e. The summed E-state index contributed by atoms with van der Waals surface area (Å²) >= 11 is 5.00. The third-order valence-corrected chi connectivity index (χ3v) is 3.65. The molecule has 0 aliphatic rings. The third kappa shape index (κ3) is 4.07. The molecule has 0 unspecified atom stereocenters. The van der Waals surface area contributed by atoms with Crippen LogP contribution in [0, 0.1) is 10.1 Å². The van der Waals surface area contributed by atoms with Gasteiger partial charge in [-0.2, -0.15) is 0 Å². The van der Waals surface area contributed by atoms with E-state index in [4.69, 9.17) is 16.6 Å². The van der Waals surface area contributed by atoms with Crippen molar-refractivity contribution in [1.82, 2.24) is 10.3 Å². The molecule has 2 aromatic heterocycles. The van der Waals surface area contributed by atoms with Crippen molar-refractivity contribution in [2.45, 2.75) is 0 Å². The van der Waals surface area contributed by atoms with Crippen molar-refractivity contribution in [3.8, 4) is 17.1 Å². The summed E-state index contributed by atoms with van der Waals surface area (Å²) in [4.78, 5) is 26.7. The van der Waals surface area contributed by atoms with E-state index in [1.807, 2.05) is 0 Å². The second-order valence-corrected chi connectivity index (χ2v) is 5.63. The number of benzene rings is 1. The number of aromatic nitrogens is 1. The molecule has 1 amide bonds. The Morgan fingerprint density at radius 1 is 1.19 bits per heavy atom. The number of nitrogens with zero attached hydrogens (tertiary/aromatic N) is 2. The first kappa shape index (κ1) is 18.0. The van der Waals surface area contributed by atoms with Crippen LogP contribution in [0.3, 0.4) is 0 Å². The molecule has 10 heteroatoms. The van der Waals surface area contributed by atoms with Crippen molar-refractivity contribution in [2.24, 2.45) is 0 Å². The summed E-state index contributed by atoms with van der Waals surface area (Å²) in [6.45, 7) is 0. The third-order valence-electron chi connectivity index (χ3n) is 3.44. The van der Waals surface area contributed by atoms with E-state index in [0.717, 1.165) is 0 Å². The average Bonchev–Trinajstić information content (AvgIpc) is 3.14. The maximum absolute atomic E-state index is 12.2. The second kappa shape index (κ2) is 7.62. The Morgan fingerprint density at radius 3 is 2.70 bits per heavy atom. The number of para-hydroxylation sites is 1. The van der Waals surface area contributed by atoms with Crippen molar-refractivity contribution >= 4 is 34.7 Å². The Morgan fingerprint density at radius 2 is 1.96 bits per heavy atom. The molecule has 27 heavy (non-hydrogen) atoms. The van der Waals surface area contributed by atoms with Crippen LogP contribution in [0.1, 0.15) is 10.6 Å². The van der Waals surface area contributed by atoms with E-state index in [-0.39, 0.29) is 39.5 Å². The molecular weight excluding hydrogens is 372 g/mol. The molecule has 0 aliphatic carbocycles. The van der Waals surface area contributed by atoms with Gasteiger partial charge in [-0.1, -0.05) is 12.1 Å². The van der Waals surface area contributed by atoms with Gasteiger partial charge in [-0.25, -0.2) is 4.98 Å². The minimum atomic E-state index is -0.659. The Labute approximate surface area is 157 Å². The highest BCUT2D eigenvalue weighted by Crippen LogP contribution is 2.30. The number of furan rings is 1. The zero-order valence-corrected chi connectivity index (χ0v) is 14.4. The number of nitrogens with one attached hydrogen (secondary N) is 2. The molecule has 9 nitrogen and oxygen atoms in total. The van der Waals surface area contributed by atoms with Gasteiger partial charge < -0.3 is 14.8 Å². The lowest BCUT2D eigenvalue weighted by Gasteiger charge is -2.08. The van der Waals surface area contributed by atoms with Crippen molar-refractivity contribution in [3.05, 3.63) is 70.6 Å². The fourth-order valence-electron chi connectivity index (χ4n) is 2.24. The SMILES string of the molecule is O=C(NC(=S)Nc1ncccc1O)c1ccc(-c2ccccc2[N+](=O)[O-])o1. The van der Waals surface area contributed by atoms with Gasteiger partial charge in [0.15, 0.2) is 22.4 Å². The second-order valence-electron chi connectivity index (χ2n) is 5.22. The van der Waals surface area contributed by atoms with Crippen LogP contribution in [0.5, 0.6) is 5.75 Å². The van der Waals surface area contributed by atoms with Crippen LogP contribution < -0.4 is 10.6 Å². The quantitative estimate of drug-likeness (QED) is 0.355. The molecule has 0 saturated heterocycles. The van der Waals surface area contributed by atoms with E-state index in [1.54, 1.807) is 6.07 Å². The number of carbonyl (C=O) groups is 1. The number of nitro benzene ring substituents is 1. The van der Waals surface area contributed by atoms with Crippen molar-refractivity contribution in [3.63, 3.8) is 0 Å². The molecule has 3 rings (SSSR count). The molecule has 0 aliphatic heterocycles. The first-order valence-electron chi connectivity index (χ1n) is 7.55. The molecule has 3 aromatic rings. The van der Waals surface area contributed by atoms with Crippen LogP contribution in [0.25, 0.3) is 11.3 Å². The standard InChI is InChI=1S/C17H12N4O5S/c22-12-6-3-9-18-15(12)19-17(27)20-16(23)14-8-7-13(26-14)10-4-1-2-5-11(10)21(24)25/h1-9,22H,(H2,18,19,20,23,27). The fourth-order valence-corrected chi connectivity index (χ4v) is 2.43. The van der Waals surface area contributed by atoms with Crippen molar-refractivity contribution < 1.29 is 19.2 Å². The summed E-state index contributed by atoms with van der Waals surface area (Å²) in [7, 11) is 0. The first-order chi connectivity index (χ1) is 13.0. The molecule has 0 radical (unpaired) electrons. The Hall–Kier alpha value is -3.79. The molecule has 0 fully saturated rings. The van der Waals surface area contributed by atoms with E-state index in [1.165, 1.54) is 48.7 Å². The maximum Gasteiger partial charge on any atom is 0.293 e. The molecule has 0 saturated carbocycles. The highest BCUT2D eigenvalue weighted by Gasteiger charge is 2.19. The Balaban J connectivity index is 1.73. The lowest BCUT2D eigenvalue weighted by molar-refractivity contribution is -0.384. The van der Waals surface area contributed by atoms with Crippen LogP contribution >= 0.6 is 12.2 Å². The number of aromatic hydroxyl groups is 1. The van der Waals surface area contributed by atoms with Crippen LogP contribution in [0.2, 0.25) is 0 Å². The monoisotopic (exact) mass is 384 g/mol. The highest BCUT2D eigenvalue weighted by molar-refractivity contribution is 7.80. The Bertz CT molecular complexity index is 1030. The number of nitro groups is 1. The van der Waals surface area contributed by atoms with E-state index in [2.05, 4.69) is 15.6 Å². The number of rotatable bonds is 4. The van der Waals surface area contributed by atoms with E-state index in [9.17, 15) is 20.0 Å². The lowest BCUT2D eigenvalue weighted by Crippen LogP contribution is -2.34. The van der Waals surface area contributed by atoms with Gasteiger partial charge in [-0.05, 0) is 42.5 Å². The van der Waals surface area contributed by atoms with Gasteiger partial charge in [0.25, 0.3) is 11.6 Å². The summed E-state index contributed by atoms with van der Waals surface area (Å²) < 4.78 is 5.43. The molecular formula is C17H12N4O5S. The first-order valence-corrected chi connectivity index (χ1v) is 7.96. The largest absolute Gasteiger partial charge is 0.504 e. The van der Waals surface area contributed by atoms with Crippen molar-refractivity contribution in [1.29, 1.82) is 0 Å². The van der Waals surface area contributed by atoms with Gasteiger partial charge in [0.1, 0.15) is 5.76 Å². The summed E-state index contributed by atoms with van der Waals surface area (Å²) in [6, 6.07) is 11.8. The number of anilines is 1. The Kier molecular flexibility index (Phi) is 5.08. The van der Waals surface area contributed by atoms with Gasteiger partial charge in [-0.15, -0.1) is 0 Å². The predicted octanol–water partition coefficient (Wildman–Crippen LogP) is 3.08.